The minimum Gasteiger partial charge on any atom is -0.505 e. The van der Waals surface area contributed by atoms with Crippen LogP contribution in [0.3, 0.4) is 0 Å². The lowest BCUT2D eigenvalue weighted by Gasteiger charge is -2.19. The highest BCUT2D eigenvalue weighted by atomic mass is 19.1. The van der Waals surface area contributed by atoms with Gasteiger partial charge in [-0.25, -0.2) is 8.78 Å². The molecule has 1 aromatic carbocycles. The molecule has 2 nitrogen and oxygen atoms in total. The highest BCUT2D eigenvalue weighted by molar-refractivity contribution is 5.33. The summed E-state index contributed by atoms with van der Waals surface area (Å²) in [5, 5.41) is 8.83. The molecule has 1 aromatic rings. The average molecular weight is 187 g/mol. The van der Waals surface area contributed by atoms with Crippen LogP contribution in [0, 0.1) is 11.6 Å². The number of halogens is 2. The molecule has 0 bridgehead atoms. The molecule has 4 heteroatoms. The van der Waals surface area contributed by atoms with Gasteiger partial charge in [-0.2, -0.15) is 0 Å². The second kappa shape index (κ2) is 2.96. The number of hydrogen-bond acceptors (Lipinski definition) is 2. The number of aromatic hydroxyl groups is 1. The zero-order chi connectivity index (χ0) is 10.2. The molecule has 0 aliphatic rings. The molecule has 0 saturated carbocycles. The van der Waals surface area contributed by atoms with Crippen LogP contribution in [0.25, 0.3) is 0 Å². The number of nitrogens with two attached hydrogens (primary N) is 1. The molecule has 0 radical (unpaired) electrons. The van der Waals surface area contributed by atoms with Crippen molar-refractivity contribution in [3.8, 4) is 5.75 Å². The van der Waals surface area contributed by atoms with Crippen LogP contribution in [0.2, 0.25) is 0 Å². The summed E-state index contributed by atoms with van der Waals surface area (Å²) in [6, 6.07) is 1.63. The summed E-state index contributed by atoms with van der Waals surface area (Å²) < 4.78 is 25.9. The predicted octanol–water partition coefficient (Wildman–Crippen LogP) is 1.86. The number of phenolic OH excluding ortho intramolecular Hbond substituents is 1. The highest BCUT2D eigenvalue weighted by Crippen LogP contribution is 2.26. The molecule has 0 aliphatic heterocycles. The van der Waals surface area contributed by atoms with E-state index in [1.807, 2.05) is 0 Å². The molecule has 0 aliphatic carbocycles. The molecule has 13 heavy (non-hydrogen) atoms. The van der Waals surface area contributed by atoms with Crippen molar-refractivity contribution in [2.24, 2.45) is 5.73 Å². The minimum atomic E-state index is -0.960. The van der Waals surface area contributed by atoms with Gasteiger partial charge in [-0.05, 0) is 19.9 Å². The van der Waals surface area contributed by atoms with E-state index < -0.39 is 22.9 Å². The Morgan fingerprint density at radius 3 is 2.23 bits per heavy atom. The van der Waals surface area contributed by atoms with Crippen LogP contribution < -0.4 is 5.73 Å². The molecule has 0 aromatic heterocycles. The second-order valence-corrected chi connectivity index (χ2v) is 3.51. The summed E-state index contributed by atoms with van der Waals surface area (Å²) in [6.45, 7) is 3.11. The summed E-state index contributed by atoms with van der Waals surface area (Å²) >= 11 is 0. The van der Waals surface area contributed by atoms with Crippen LogP contribution in [0.4, 0.5) is 8.78 Å². The summed E-state index contributed by atoms with van der Waals surface area (Å²) in [6.07, 6.45) is 0. The molecule has 0 spiro atoms. The van der Waals surface area contributed by atoms with Crippen molar-refractivity contribution in [1.29, 1.82) is 0 Å². The van der Waals surface area contributed by atoms with Crippen molar-refractivity contribution in [3.63, 3.8) is 0 Å². The standard InChI is InChI=1S/C9H11F2NO/c1-9(2,12)5-3-7(11)8(13)4-6(5)10/h3-4,13H,12H2,1-2H3. The molecule has 0 unspecified atom stereocenters. The largest absolute Gasteiger partial charge is 0.505 e. The number of benzene rings is 1. The van der Waals surface area contributed by atoms with Crippen molar-refractivity contribution < 1.29 is 13.9 Å². The Kier molecular flexibility index (Phi) is 2.26. The van der Waals surface area contributed by atoms with E-state index in [4.69, 9.17) is 10.8 Å². The van der Waals surface area contributed by atoms with Gasteiger partial charge in [0, 0.05) is 17.2 Å². The van der Waals surface area contributed by atoms with E-state index >= 15 is 0 Å². The van der Waals surface area contributed by atoms with Crippen molar-refractivity contribution in [3.05, 3.63) is 29.3 Å². The van der Waals surface area contributed by atoms with E-state index in [9.17, 15) is 8.78 Å². The molecule has 3 N–H and O–H groups in total. The van der Waals surface area contributed by atoms with Crippen LogP contribution in [-0.4, -0.2) is 5.11 Å². The Hall–Kier alpha value is -1.16. The van der Waals surface area contributed by atoms with Crippen LogP contribution in [0.5, 0.6) is 5.75 Å². The van der Waals surface area contributed by atoms with Crippen molar-refractivity contribution in [2.75, 3.05) is 0 Å². The van der Waals surface area contributed by atoms with Crippen molar-refractivity contribution in [2.45, 2.75) is 19.4 Å². The van der Waals surface area contributed by atoms with E-state index in [1.54, 1.807) is 13.8 Å². The third-order valence-corrected chi connectivity index (χ3v) is 1.73. The first-order chi connectivity index (χ1) is 5.82. The Bertz CT molecular complexity index is 331. The third-order valence-electron chi connectivity index (χ3n) is 1.73. The van der Waals surface area contributed by atoms with Gasteiger partial charge in [0.05, 0.1) is 0 Å². The molecule has 1 rings (SSSR count). The minimum absolute atomic E-state index is 0.0443. The van der Waals surface area contributed by atoms with E-state index in [2.05, 4.69) is 0 Å². The molecule has 0 saturated heterocycles. The maximum Gasteiger partial charge on any atom is 0.165 e. The Morgan fingerprint density at radius 2 is 1.77 bits per heavy atom. The maximum atomic E-state index is 13.1. The lowest BCUT2D eigenvalue weighted by atomic mass is 9.95. The quantitative estimate of drug-likeness (QED) is 0.704. The van der Waals surface area contributed by atoms with Gasteiger partial charge in [-0.15, -0.1) is 0 Å². The Labute approximate surface area is 75.0 Å². The highest BCUT2D eigenvalue weighted by Gasteiger charge is 2.21. The zero-order valence-electron chi connectivity index (χ0n) is 7.44. The fourth-order valence-electron chi connectivity index (χ4n) is 1.03. The first-order valence-corrected chi connectivity index (χ1v) is 3.79. The molecule has 0 fully saturated rings. The smallest absolute Gasteiger partial charge is 0.165 e. The van der Waals surface area contributed by atoms with Gasteiger partial charge >= 0.3 is 0 Å². The van der Waals surface area contributed by atoms with E-state index in [0.29, 0.717) is 0 Å². The molecule has 0 atom stereocenters. The van der Waals surface area contributed by atoms with E-state index in [-0.39, 0.29) is 5.56 Å². The fraction of sp³-hybridized carbons (Fsp3) is 0.333. The van der Waals surface area contributed by atoms with Crippen molar-refractivity contribution in [1.82, 2.24) is 0 Å². The van der Waals surface area contributed by atoms with Crippen LogP contribution >= 0.6 is 0 Å². The lowest BCUT2D eigenvalue weighted by molar-refractivity contribution is 0.417. The monoisotopic (exact) mass is 187 g/mol. The summed E-state index contributed by atoms with van der Waals surface area (Å²) in [4.78, 5) is 0. The average Bonchev–Trinajstić information content (AvgIpc) is 1.94. The summed E-state index contributed by atoms with van der Waals surface area (Å²) in [5.41, 5.74) is 4.67. The molecular weight excluding hydrogens is 176 g/mol. The van der Waals surface area contributed by atoms with Gasteiger partial charge in [-0.1, -0.05) is 0 Å². The zero-order valence-corrected chi connectivity index (χ0v) is 7.44. The number of hydrogen-bond donors (Lipinski definition) is 2. The SMILES string of the molecule is CC(C)(N)c1cc(F)c(O)cc1F. The lowest BCUT2D eigenvalue weighted by Crippen LogP contribution is -2.30. The van der Waals surface area contributed by atoms with E-state index in [1.165, 1.54) is 0 Å². The Morgan fingerprint density at radius 1 is 1.23 bits per heavy atom. The fourth-order valence-corrected chi connectivity index (χ4v) is 1.03. The van der Waals surface area contributed by atoms with Gasteiger partial charge in [0.25, 0.3) is 0 Å². The van der Waals surface area contributed by atoms with Gasteiger partial charge in [-0.3, -0.25) is 0 Å². The summed E-state index contributed by atoms with van der Waals surface area (Å²) in [7, 11) is 0. The third kappa shape index (κ3) is 1.95. The molecule has 0 heterocycles. The first kappa shape index (κ1) is 9.92. The van der Waals surface area contributed by atoms with Gasteiger partial charge in [0.1, 0.15) is 5.82 Å². The predicted molar refractivity (Wildman–Crippen MR) is 45.2 cm³/mol. The van der Waals surface area contributed by atoms with Crippen LogP contribution in [0.15, 0.2) is 12.1 Å². The second-order valence-electron chi connectivity index (χ2n) is 3.51. The normalized spacial score (nSPS) is 11.8. The van der Waals surface area contributed by atoms with Gasteiger partial charge < -0.3 is 10.8 Å². The molecular formula is C9H11F2NO. The maximum absolute atomic E-state index is 13.1. The first-order valence-electron chi connectivity index (χ1n) is 3.79. The Balaban J connectivity index is 3.32. The van der Waals surface area contributed by atoms with Crippen LogP contribution in [0.1, 0.15) is 19.4 Å². The number of rotatable bonds is 1. The molecule has 0 amide bonds. The summed E-state index contributed by atoms with van der Waals surface area (Å²) in [5.74, 6) is -2.27. The van der Waals surface area contributed by atoms with Gasteiger partial charge in [0.15, 0.2) is 11.6 Å². The van der Waals surface area contributed by atoms with E-state index in [0.717, 1.165) is 12.1 Å². The molecule has 72 valence electrons. The van der Waals surface area contributed by atoms with Crippen LogP contribution in [-0.2, 0) is 5.54 Å². The topological polar surface area (TPSA) is 46.2 Å². The van der Waals surface area contributed by atoms with Crippen molar-refractivity contribution >= 4 is 0 Å². The van der Waals surface area contributed by atoms with Gasteiger partial charge in [0.2, 0.25) is 0 Å². The number of phenols is 1.